The molecule has 602 valence electrons. The average Bonchev–Trinajstić information content (AvgIpc) is 0.927. The van der Waals surface area contributed by atoms with Gasteiger partial charge in [0, 0.05) is 22.3 Å². The predicted molar refractivity (Wildman–Crippen MR) is 490 cm³/mol. The number of carbonyl (C=O) groups excluding carboxylic acids is 4. The molecule has 4 saturated heterocycles. The number of Topliss-reactive ketones (excluding diaryl/α,β-unsaturated/α-hetero) is 4. The van der Waals surface area contributed by atoms with E-state index in [0.717, 1.165) is 50.7 Å². The number of ketones is 4. The molecule has 12 aromatic carbocycles. The summed E-state index contributed by atoms with van der Waals surface area (Å²) in [5, 5.41) is 4.75. The van der Waals surface area contributed by atoms with E-state index in [4.69, 9.17) is 0 Å². The normalized spacial score (nSPS) is 14.5. The molecule has 0 atom stereocenters. The fourth-order valence-electron chi connectivity index (χ4n) is 13.4. The summed E-state index contributed by atoms with van der Waals surface area (Å²) in [6.07, 6.45) is 13.3. The summed E-state index contributed by atoms with van der Waals surface area (Å²) in [6, 6.07) is 106. The molecule has 4 heterocycles. The number of fused-ring (bicyclic) bond motifs is 2. The Hall–Kier alpha value is -6.57. The quantitative estimate of drug-likeness (QED) is 0.0488. The molecule has 4 aliphatic heterocycles. The molecule has 4 aliphatic rings. The van der Waals surface area contributed by atoms with E-state index >= 15 is 0 Å². The van der Waals surface area contributed by atoms with Crippen LogP contribution in [0.2, 0.25) is 0 Å². The molecule has 16 rings (SSSR count). The van der Waals surface area contributed by atoms with Gasteiger partial charge in [0.25, 0.3) is 0 Å². The molecule has 11 heteroatoms. The summed E-state index contributed by atoms with van der Waals surface area (Å²) in [5.74, 6) is 14.6. The fourth-order valence-corrected chi connectivity index (χ4v) is 29.0. The van der Waals surface area contributed by atoms with Crippen molar-refractivity contribution >= 4 is 88.3 Å². The summed E-state index contributed by atoms with van der Waals surface area (Å²) in [5.41, 5.74) is 9.53. The Morgan fingerprint density at radius 1 is 0.243 bits per heavy atom. The second kappa shape index (κ2) is 48.5. The second-order valence-electron chi connectivity index (χ2n) is 31.7. The standard InChI is InChI=1S/C20H26I.C17H19OS.C16H17OS.C14H14I.C13H17OS.C12H10I.C12H15OS/c1-19(2,3)15-7-11-17(12-8-15)21-18-13-9-16(10-14-18)20(4,5)6;18-17(13-19-10-4-1-5-11-19)16-9-8-14-6-2-3-7-15(14)12-16;17-16(12-18-9-3-4-10-18)15-8-7-13-5-1-2-6-14(13)11-15;1-11-3-7-13(8-4-11)15-14-9-5-12(2)6-10-14;14-13(12-7-3-1-4-8-12)11-15-9-5-2-6-10-15;1-3-7-11(8-4-1)13-12-9-5-2-6-10-12;13-12(10-14-8-4-5-9-14)11-6-2-1-3-7-11/h7-14H,1-6H3;2-3,6-9,12H,1,4-5,10-11,13H2;1-2,5-8,11H,3-4,9-10,12H2;3-10H,1-2H3;1,3-4,7-8H,2,5-6,9-11H2;1-10H;1-3,6-7H,4-5,8-10H2/q-1;2*+1;-1;+1;-1;+1. The van der Waals surface area contributed by atoms with Crippen molar-refractivity contribution < 1.29 is 82.8 Å². The Morgan fingerprint density at radius 2 is 0.470 bits per heavy atom. The predicted octanol–water partition coefficient (Wildman–Crippen LogP) is 14.9. The van der Waals surface area contributed by atoms with Crippen molar-refractivity contribution in [3.8, 4) is 0 Å². The SMILES string of the molecule is CC(C)(C)c1ccc([I-]c2ccc(C(C)(C)C)cc2)cc1.Cc1ccc([I-]c2ccc(C)cc2)cc1.O=C(C[S+]1CCCC1)c1ccc2ccccc2c1.O=C(C[S+]1CCCC1)c1ccccc1.O=C(C[S+]1CCCCC1)c1ccc2ccccc2c1.O=C(C[S+]1CCCCC1)c1ccccc1.c1ccc([I-]c2ccccc2)cc1. The topological polar surface area (TPSA) is 68.3 Å². The van der Waals surface area contributed by atoms with Gasteiger partial charge in [0.05, 0.1) is 0 Å². The molecule has 0 unspecified atom stereocenters. The molecule has 4 fully saturated rings. The molecule has 0 amide bonds. The van der Waals surface area contributed by atoms with Gasteiger partial charge >= 0.3 is 331 Å². The zero-order valence-corrected chi connectivity index (χ0v) is 78.6. The summed E-state index contributed by atoms with van der Waals surface area (Å²) >= 11 is -0.0385. The van der Waals surface area contributed by atoms with Gasteiger partial charge in [0.2, 0.25) is 23.1 Å². The van der Waals surface area contributed by atoms with E-state index < -0.39 is 0 Å². The van der Waals surface area contributed by atoms with Gasteiger partial charge in [-0.2, -0.15) is 0 Å². The first-order chi connectivity index (χ1) is 55.7. The van der Waals surface area contributed by atoms with Gasteiger partial charge < -0.3 is 0 Å². The third kappa shape index (κ3) is 32.6. The van der Waals surface area contributed by atoms with Crippen molar-refractivity contribution in [2.24, 2.45) is 0 Å². The van der Waals surface area contributed by atoms with Crippen molar-refractivity contribution in [1.82, 2.24) is 0 Å². The number of benzene rings is 12. The number of carbonyl (C=O) groups is 4. The number of halogens is 3. The summed E-state index contributed by atoms with van der Waals surface area (Å²) < 4.78 is 8.92. The molecule has 0 radical (unpaired) electrons. The van der Waals surface area contributed by atoms with E-state index in [-0.39, 0.29) is 74.4 Å². The van der Waals surface area contributed by atoms with E-state index in [1.54, 1.807) is 0 Å². The van der Waals surface area contributed by atoms with E-state index in [0.29, 0.717) is 66.7 Å². The summed E-state index contributed by atoms with van der Waals surface area (Å²) in [6.45, 7) is 17.9. The van der Waals surface area contributed by atoms with Crippen LogP contribution in [0.1, 0.15) is 169 Å². The van der Waals surface area contributed by atoms with Gasteiger partial charge in [-0.1, -0.05) is 133 Å². The molecule has 115 heavy (non-hydrogen) atoms. The molecular weight excluding hydrogens is 1820 g/mol. The van der Waals surface area contributed by atoms with E-state index in [9.17, 15) is 19.2 Å². The van der Waals surface area contributed by atoms with Crippen LogP contribution in [-0.2, 0) is 54.4 Å². The molecule has 0 N–H and O–H groups in total. The van der Waals surface area contributed by atoms with Crippen molar-refractivity contribution in [1.29, 1.82) is 0 Å². The molecule has 4 nitrogen and oxygen atoms in total. The van der Waals surface area contributed by atoms with Crippen LogP contribution < -0.4 is 63.6 Å². The van der Waals surface area contributed by atoms with Gasteiger partial charge in [0.15, 0.2) is 23.0 Å². The van der Waals surface area contributed by atoms with Crippen LogP contribution in [-0.4, -0.2) is 92.2 Å². The Labute approximate surface area is 732 Å². The third-order valence-electron chi connectivity index (χ3n) is 20.2. The summed E-state index contributed by atoms with van der Waals surface area (Å²) in [4.78, 5) is 48.3. The monoisotopic (exact) mass is 1940 g/mol. The van der Waals surface area contributed by atoms with Crippen molar-refractivity contribution in [2.45, 2.75) is 130 Å². The van der Waals surface area contributed by atoms with Crippen LogP contribution in [0.15, 0.2) is 303 Å². The number of rotatable bonds is 18. The third-order valence-corrected chi connectivity index (χ3v) is 37.9. The number of aryl methyl sites for hydroxylation is 2. The van der Waals surface area contributed by atoms with Crippen LogP contribution in [0.25, 0.3) is 21.5 Å². The molecule has 0 aliphatic carbocycles. The molecular formula is C104H118I3O4S4+. The maximum absolute atomic E-state index is 12.4. The zero-order valence-electron chi connectivity index (χ0n) is 68.8. The Bertz CT molecular complexity index is 4740. The Kier molecular flexibility index (Phi) is 38.3. The van der Waals surface area contributed by atoms with Crippen molar-refractivity contribution in [2.75, 3.05) is 69.0 Å². The van der Waals surface area contributed by atoms with Crippen molar-refractivity contribution in [3.05, 3.63) is 369 Å². The first-order valence-electron chi connectivity index (χ1n) is 40.9. The first kappa shape index (κ1) is 90.7. The van der Waals surface area contributed by atoms with Crippen LogP contribution in [0.3, 0.4) is 0 Å². The molecule has 0 aromatic heterocycles. The maximum atomic E-state index is 12.4. The Morgan fingerprint density at radius 3 is 0.748 bits per heavy atom. The molecule has 12 aromatic rings. The van der Waals surface area contributed by atoms with Crippen LogP contribution in [0.4, 0.5) is 0 Å². The first-order valence-corrected chi connectivity index (χ1v) is 54.3. The zero-order chi connectivity index (χ0) is 81.0. The molecule has 0 spiro atoms. The number of hydrogen-bond donors (Lipinski definition) is 0. The van der Waals surface area contributed by atoms with Gasteiger partial charge in [-0.15, -0.1) is 0 Å². The van der Waals surface area contributed by atoms with Crippen LogP contribution in [0.5, 0.6) is 0 Å². The minimum atomic E-state index is -0.0703. The minimum absolute atomic E-state index is 0.00313. The van der Waals surface area contributed by atoms with Gasteiger partial charge in [-0.25, -0.2) is 0 Å². The summed E-state index contributed by atoms with van der Waals surface area (Å²) in [7, 11) is 1.47. The van der Waals surface area contributed by atoms with E-state index in [1.165, 1.54) is 170 Å². The molecule has 0 bridgehead atoms. The molecule has 0 saturated carbocycles. The van der Waals surface area contributed by atoms with Crippen molar-refractivity contribution in [3.63, 3.8) is 0 Å². The van der Waals surface area contributed by atoms with Gasteiger partial charge in [0.1, 0.15) is 46.0 Å². The average molecular weight is 1940 g/mol. The van der Waals surface area contributed by atoms with Crippen LogP contribution in [0, 0.1) is 35.3 Å². The van der Waals surface area contributed by atoms with E-state index in [1.807, 2.05) is 109 Å². The fraction of sp³-hybridized carbons (Fsp3) is 0.308. The van der Waals surface area contributed by atoms with Gasteiger partial charge in [-0.3, -0.25) is 19.2 Å². The number of hydrogen-bond acceptors (Lipinski definition) is 4. The second-order valence-corrected chi connectivity index (χ2v) is 50.1. The van der Waals surface area contributed by atoms with Crippen LogP contribution >= 0.6 is 0 Å². The Balaban J connectivity index is 0.000000143. The van der Waals surface area contributed by atoms with Gasteiger partial charge in [-0.05, 0) is 141 Å². The van der Waals surface area contributed by atoms with E-state index in [2.05, 4.69) is 250 Å².